The maximum absolute atomic E-state index is 11.4. The van der Waals surface area contributed by atoms with Crippen LogP contribution in [0.3, 0.4) is 0 Å². The Kier molecular flexibility index (Phi) is 2.38. The third-order valence-corrected chi connectivity index (χ3v) is 2.73. The fraction of sp³-hybridized carbons (Fsp3) is 0.375. The first kappa shape index (κ1) is 9.06. The highest BCUT2D eigenvalue weighted by Crippen LogP contribution is 2.24. The lowest BCUT2D eigenvalue weighted by atomic mass is 10.3. The number of anilines is 1. The van der Waals surface area contributed by atoms with E-state index in [9.17, 15) is 4.79 Å². The molecule has 0 saturated carbocycles. The van der Waals surface area contributed by atoms with Crippen molar-refractivity contribution in [3.63, 3.8) is 0 Å². The maximum atomic E-state index is 11.4. The molecule has 12 heavy (non-hydrogen) atoms. The van der Waals surface area contributed by atoms with Crippen molar-refractivity contribution in [1.82, 2.24) is 4.90 Å². The first-order valence-corrected chi connectivity index (χ1v) is 4.47. The van der Waals surface area contributed by atoms with Gasteiger partial charge in [0.25, 0.3) is 5.91 Å². The van der Waals surface area contributed by atoms with E-state index in [4.69, 9.17) is 5.73 Å². The minimum atomic E-state index is -0.0226. The highest BCUT2D eigenvalue weighted by molar-refractivity contribution is 7.12. The van der Waals surface area contributed by atoms with E-state index < -0.39 is 0 Å². The lowest BCUT2D eigenvalue weighted by Gasteiger charge is -2.08. The second-order valence-electron chi connectivity index (χ2n) is 2.86. The number of thiophene rings is 1. The van der Waals surface area contributed by atoms with Crippen LogP contribution >= 0.6 is 11.3 Å². The summed E-state index contributed by atoms with van der Waals surface area (Å²) in [5, 5.41) is 1.89. The lowest BCUT2D eigenvalue weighted by Crippen LogP contribution is -2.21. The molecule has 0 aliphatic heterocycles. The summed E-state index contributed by atoms with van der Waals surface area (Å²) in [6, 6.07) is 0. The number of amides is 1. The molecule has 0 spiro atoms. The molecule has 0 aliphatic carbocycles. The van der Waals surface area contributed by atoms with Crippen molar-refractivity contribution in [3.8, 4) is 0 Å². The summed E-state index contributed by atoms with van der Waals surface area (Å²) in [7, 11) is 3.44. The number of hydrogen-bond donors (Lipinski definition) is 1. The zero-order chi connectivity index (χ0) is 9.30. The van der Waals surface area contributed by atoms with Crippen LogP contribution in [0.15, 0.2) is 5.38 Å². The van der Waals surface area contributed by atoms with E-state index in [1.807, 2.05) is 12.3 Å². The van der Waals surface area contributed by atoms with Crippen molar-refractivity contribution in [2.75, 3.05) is 19.8 Å². The molecule has 0 aromatic carbocycles. The molecule has 1 aromatic heterocycles. The van der Waals surface area contributed by atoms with E-state index in [-0.39, 0.29) is 5.91 Å². The molecule has 4 heteroatoms. The average molecular weight is 184 g/mol. The van der Waals surface area contributed by atoms with Crippen molar-refractivity contribution in [3.05, 3.63) is 15.8 Å². The summed E-state index contributed by atoms with van der Waals surface area (Å²) in [5.41, 5.74) is 7.29. The summed E-state index contributed by atoms with van der Waals surface area (Å²) in [6.45, 7) is 1.90. The molecule has 0 saturated heterocycles. The fourth-order valence-corrected chi connectivity index (χ4v) is 1.82. The van der Waals surface area contributed by atoms with Crippen molar-refractivity contribution in [1.29, 1.82) is 0 Å². The summed E-state index contributed by atoms with van der Waals surface area (Å²) in [6.07, 6.45) is 0. The predicted octanol–water partition coefficient (Wildman–Crippen LogP) is 1.34. The van der Waals surface area contributed by atoms with Gasteiger partial charge in [0, 0.05) is 14.1 Å². The van der Waals surface area contributed by atoms with Crippen LogP contribution in [0.4, 0.5) is 5.69 Å². The van der Waals surface area contributed by atoms with Gasteiger partial charge in [0.05, 0.1) is 5.69 Å². The minimum absolute atomic E-state index is 0.0226. The monoisotopic (exact) mass is 184 g/mol. The van der Waals surface area contributed by atoms with Crippen LogP contribution in [0, 0.1) is 6.92 Å². The molecule has 0 bridgehead atoms. The quantitative estimate of drug-likeness (QED) is 0.716. The number of carbonyl (C=O) groups is 1. The number of nitrogen functional groups attached to an aromatic ring is 1. The van der Waals surface area contributed by atoms with Crippen molar-refractivity contribution >= 4 is 22.9 Å². The van der Waals surface area contributed by atoms with E-state index in [1.165, 1.54) is 16.2 Å². The number of carbonyl (C=O) groups excluding carboxylic acids is 1. The molecule has 0 atom stereocenters. The Morgan fingerprint density at radius 2 is 2.17 bits per heavy atom. The average Bonchev–Trinajstić information content (AvgIpc) is 2.32. The zero-order valence-corrected chi connectivity index (χ0v) is 8.23. The van der Waals surface area contributed by atoms with Crippen LogP contribution in [0.2, 0.25) is 0 Å². The Hall–Kier alpha value is -1.03. The SMILES string of the molecule is Cc1csc(C(=O)N(C)C)c1N. The number of rotatable bonds is 1. The van der Waals surface area contributed by atoms with Gasteiger partial charge in [0.15, 0.2) is 0 Å². The summed E-state index contributed by atoms with van der Waals surface area (Å²) in [5.74, 6) is -0.0226. The third kappa shape index (κ3) is 1.43. The van der Waals surface area contributed by atoms with Gasteiger partial charge in [0.1, 0.15) is 4.88 Å². The van der Waals surface area contributed by atoms with Gasteiger partial charge in [-0.2, -0.15) is 0 Å². The highest BCUT2D eigenvalue weighted by Gasteiger charge is 2.14. The number of nitrogens with zero attached hydrogens (tertiary/aromatic N) is 1. The van der Waals surface area contributed by atoms with Gasteiger partial charge in [-0.25, -0.2) is 0 Å². The van der Waals surface area contributed by atoms with Gasteiger partial charge in [-0.15, -0.1) is 11.3 Å². The largest absolute Gasteiger partial charge is 0.397 e. The molecule has 1 aromatic rings. The highest BCUT2D eigenvalue weighted by atomic mass is 32.1. The molecule has 0 aliphatic rings. The van der Waals surface area contributed by atoms with Gasteiger partial charge in [0.2, 0.25) is 0 Å². The van der Waals surface area contributed by atoms with Gasteiger partial charge in [-0.1, -0.05) is 0 Å². The molecule has 1 heterocycles. The van der Waals surface area contributed by atoms with Gasteiger partial charge in [-0.3, -0.25) is 4.79 Å². The topological polar surface area (TPSA) is 46.3 Å². The van der Waals surface area contributed by atoms with Crippen molar-refractivity contribution in [2.45, 2.75) is 6.92 Å². The molecule has 2 N–H and O–H groups in total. The number of aryl methyl sites for hydroxylation is 1. The second kappa shape index (κ2) is 3.15. The molecular weight excluding hydrogens is 172 g/mol. The van der Waals surface area contributed by atoms with E-state index >= 15 is 0 Å². The molecule has 0 radical (unpaired) electrons. The summed E-state index contributed by atoms with van der Waals surface area (Å²) in [4.78, 5) is 13.6. The van der Waals surface area contributed by atoms with Crippen LogP contribution < -0.4 is 5.73 Å². The minimum Gasteiger partial charge on any atom is -0.397 e. The Balaban J connectivity index is 3.04. The van der Waals surface area contributed by atoms with Gasteiger partial charge < -0.3 is 10.6 Å². The third-order valence-electron chi connectivity index (χ3n) is 1.62. The van der Waals surface area contributed by atoms with Crippen molar-refractivity contribution < 1.29 is 4.79 Å². The van der Waals surface area contributed by atoms with Crippen LogP contribution in [0.25, 0.3) is 0 Å². The Bertz CT molecular complexity index is 304. The second-order valence-corrected chi connectivity index (χ2v) is 3.74. The van der Waals surface area contributed by atoms with Crippen LogP contribution in [0.5, 0.6) is 0 Å². The van der Waals surface area contributed by atoms with Gasteiger partial charge >= 0.3 is 0 Å². The molecule has 1 amide bonds. The zero-order valence-electron chi connectivity index (χ0n) is 7.42. The summed E-state index contributed by atoms with van der Waals surface area (Å²) < 4.78 is 0. The van der Waals surface area contributed by atoms with E-state index in [0.717, 1.165) is 5.56 Å². The van der Waals surface area contributed by atoms with E-state index in [2.05, 4.69) is 0 Å². The standard InChI is InChI=1S/C8H12N2OS/c1-5-4-12-7(6(5)9)8(11)10(2)3/h4H,9H2,1-3H3. The first-order chi connectivity index (χ1) is 5.54. The molecule has 66 valence electrons. The van der Waals surface area contributed by atoms with Crippen LogP contribution in [-0.4, -0.2) is 24.9 Å². The van der Waals surface area contributed by atoms with Crippen LogP contribution in [-0.2, 0) is 0 Å². The van der Waals surface area contributed by atoms with Gasteiger partial charge in [-0.05, 0) is 17.9 Å². The molecule has 0 unspecified atom stereocenters. The first-order valence-electron chi connectivity index (χ1n) is 3.59. The molecule has 0 fully saturated rings. The fourth-order valence-electron chi connectivity index (χ4n) is 0.822. The van der Waals surface area contributed by atoms with E-state index in [0.29, 0.717) is 10.6 Å². The Morgan fingerprint density at radius 1 is 1.58 bits per heavy atom. The Morgan fingerprint density at radius 3 is 2.50 bits per heavy atom. The molecule has 3 nitrogen and oxygen atoms in total. The maximum Gasteiger partial charge on any atom is 0.265 e. The molecule has 1 rings (SSSR count). The normalized spacial score (nSPS) is 9.92. The smallest absolute Gasteiger partial charge is 0.265 e. The summed E-state index contributed by atoms with van der Waals surface area (Å²) >= 11 is 1.40. The van der Waals surface area contributed by atoms with Crippen LogP contribution in [0.1, 0.15) is 15.2 Å². The van der Waals surface area contributed by atoms with Crippen molar-refractivity contribution in [2.24, 2.45) is 0 Å². The number of nitrogens with two attached hydrogens (primary N) is 1. The Labute approximate surface area is 75.8 Å². The lowest BCUT2D eigenvalue weighted by molar-refractivity contribution is 0.0833. The molecular formula is C8H12N2OS. The predicted molar refractivity (Wildman–Crippen MR) is 51.5 cm³/mol. The number of hydrogen-bond acceptors (Lipinski definition) is 3. The van der Waals surface area contributed by atoms with E-state index in [1.54, 1.807) is 14.1 Å².